The maximum absolute atomic E-state index is 14.3. The Morgan fingerprint density at radius 1 is 1.20 bits per heavy atom. The number of carbonyl (C=O) groups is 1. The minimum Gasteiger partial charge on any atom is -0.379 e. The van der Waals surface area contributed by atoms with E-state index < -0.39 is 6.04 Å². The number of nitrogens with one attached hydrogen (secondary N) is 2. The van der Waals surface area contributed by atoms with Crippen LogP contribution in [0.5, 0.6) is 0 Å². The number of hydrogen-bond donors (Lipinski definition) is 2. The average Bonchev–Trinajstić information content (AvgIpc) is 2.59. The molecule has 0 aromatic heterocycles. The standard InChI is InChI=1S/C17H24FN3O2.2ClH/c18-15-4-2-1-3-14(15)16(21-9-11-23-12-10-21)17(22)20-13-5-7-19-8-6-13;;/h1-4,13,16,19H,5-12H2,(H,20,22);2*1H. The topological polar surface area (TPSA) is 53.6 Å². The molecule has 1 amide bonds. The number of rotatable bonds is 4. The first-order chi connectivity index (χ1) is 11.3. The molecule has 1 aromatic rings. The highest BCUT2D eigenvalue weighted by atomic mass is 35.5. The average molecular weight is 394 g/mol. The third kappa shape index (κ3) is 5.79. The molecule has 0 saturated carbocycles. The SMILES string of the molecule is Cl.Cl.O=C(NC1CCNCC1)C(c1ccccc1F)N1CCOCC1. The fraction of sp³-hybridized carbons (Fsp3) is 0.588. The summed E-state index contributed by atoms with van der Waals surface area (Å²) in [6.07, 6.45) is 1.83. The van der Waals surface area contributed by atoms with Crippen molar-refractivity contribution in [3.05, 3.63) is 35.6 Å². The molecule has 0 bridgehead atoms. The second-order valence-electron chi connectivity index (χ2n) is 6.11. The number of piperidine rings is 1. The van der Waals surface area contributed by atoms with Gasteiger partial charge < -0.3 is 15.4 Å². The first-order valence-corrected chi connectivity index (χ1v) is 8.33. The molecule has 0 radical (unpaired) electrons. The highest BCUT2D eigenvalue weighted by Crippen LogP contribution is 2.25. The summed E-state index contributed by atoms with van der Waals surface area (Å²) < 4.78 is 19.7. The van der Waals surface area contributed by atoms with Gasteiger partial charge in [0.25, 0.3) is 0 Å². The molecule has 1 unspecified atom stereocenters. The number of halogens is 3. The van der Waals surface area contributed by atoms with Crippen LogP contribution >= 0.6 is 24.8 Å². The van der Waals surface area contributed by atoms with Crippen LogP contribution in [0.3, 0.4) is 0 Å². The molecule has 2 aliphatic rings. The maximum Gasteiger partial charge on any atom is 0.242 e. The van der Waals surface area contributed by atoms with Gasteiger partial charge in [0.2, 0.25) is 5.91 Å². The Bertz CT molecular complexity index is 538. The smallest absolute Gasteiger partial charge is 0.242 e. The minimum atomic E-state index is -0.588. The normalized spacial score (nSPS) is 20.0. The van der Waals surface area contributed by atoms with Gasteiger partial charge in [-0.3, -0.25) is 9.69 Å². The Hall–Kier alpha value is -0.920. The van der Waals surface area contributed by atoms with Gasteiger partial charge >= 0.3 is 0 Å². The van der Waals surface area contributed by atoms with Crippen LogP contribution in [0.25, 0.3) is 0 Å². The van der Waals surface area contributed by atoms with E-state index in [1.54, 1.807) is 18.2 Å². The van der Waals surface area contributed by atoms with Gasteiger partial charge in [0.15, 0.2) is 0 Å². The molecule has 1 aromatic carbocycles. The molecule has 3 rings (SSSR count). The molecule has 1 atom stereocenters. The summed E-state index contributed by atoms with van der Waals surface area (Å²) in [4.78, 5) is 14.9. The van der Waals surface area contributed by atoms with Gasteiger partial charge in [0.1, 0.15) is 11.9 Å². The third-order valence-corrected chi connectivity index (χ3v) is 4.54. The molecule has 2 aliphatic heterocycles. The Morgan fingerprint density at radius 2 is 1.84 bits per heavy atom. The Labute approximate surface area is 160 Å². The lowest BCUT2D eigenvalue weighted by atomic mass is 10.0. The zero-order valence-corrected chi connectivity index (χ0v) is 15.7. The van der Waals surface area contributed by atoms with Crippen molar-refractivity contribution >= 4 is 30.7 Å². The first kappa shape index (κ1) is 22.1. The van der Waals surface area contributed by atoms with Gasteiger partial charge in [-0.05, 0) is 32.0 Å². The molecule has 25 heavy (non-hydrogen) atoms. The van der Waals surface area contributed by atoms with Crippen LogP contribution in [-0.2, 0) is 9.53 Å². The quantitative estimate of drug-likeness (QED) is 0.820. The number of carbonyl (C=O) groups excluding carboxylic acids is 1. The molecule has 0 aliphatic carbocycles. The van der Waals surface area contributed by atoms with Crippen LogP contribution in [-0.4, -0.2) is 56.2 Å². The van der Waals surface area contributed by atoms with Gasteiger partial charge in [-0.1, -0.05) is 18.2 Å². The van der Waals surface area contributed by atoms with Gasteiger partial charge in [0, 0.05) is 24.7 Å². The van der Waals surface area contributed by atoms with Crippen molar-refractivity contribution in [2.24, 2.45) is 0 Å². The van der Waals surface area contributed by atoms with Crippen LogP contribution in [0.15, 0.2) is 24.3 Å². The molecule has 2 N–H and O–H groups in total. The second kappa shape index (κ2) is 10.9. The van der Waals surface area contributed by atoms with Crippen LogP contribution in [0.2, 0.25) is 0 Å². The number of nitrogens with zero attached hydrogens (tertiary/aromatic N) is 1. The lowest BCUT2D eigenvalue weighted by Gasteiger charge is -2.35. The van der Waals surface area contributed by atoms with Crippen molar-refractivity contribution < 1.29 is 13.9 Å². The Morgan fingerprint density at radius 3 is 2.48 bits per heavy atom. The summed E-state index contributed by atoms with van der Waals surface area (Å²) in [5.74, 6) is -0.437. The molecule has 2 fully saturated rings. The molecule has 2 heterocycles. The summed E-state index contributed by atoms with van der Waals surface area (Å²) in [6.45, 7) is 4.24. The van der Waals surface area contributed by atoms with E-state index in [1.807, 2.05) is 4.90 Å². The lowest BCUT2D eigenvalue weighted by molar-refractivity contribution is -0.129. The highest BCUT2D eigenvalue weighted by molar-refractivity contribution is 5.85. The van der Waals surface area contributed by atoms with E-state index in [9.17, 15) is 9.18 Å². The van der Waals surface area contributed by atoms with Crippen molar-refractivity contribution in [3.8, 4) is 0 Å². The van der Waals surface area contributed by atoms with Crippen LogP contribution in [0.1, 0.15) is 24.4 Å². The minimum absolute atomic E-state index is 0. The molecule has 5 nitrogen and oxygen atoms in total. The molecule has 2 saturated heterocycles. The van der Waals surface area contributed by atoms with E-state index in [4.69, 9.17) is 4.74 Å². The van der Waals surface area contributed by atoms with Crippen molar-refractivity contribution in [2.75, 3.05) is 39.4 Å². The predicted octanol–water partition coefficient (Wildman–Crippen LogP) is 1.91. The predicted molar refractivity (Wildman–Crippen MR) is 100 cm³/mol. The second-order valence-corrected chi connectivity index (χ2v) is 6.11. The summed E-state index contributed by atoms with van der Waals surface area (Å²) in [5.41, 5.74) is 0.445. The van der Waals surface area contributed by atoms with Crippen molar-refractivity contribution in [1.29, 1.82) is 0 Å². The van der Waals surface area contributed by atoms with E-state index in [2.05, 4.69) is 10.6 Å². The molecule has 0 spiro atoms. The fourth-order valence-electron chi connectivity index (χ4n) is 3.28. The fourth-order valence-corrected chi connectivity index (χ4v) is 3.28. The number of morpholine rings is 1. The summed E-state index contributed by atoms with van der Waals surface area (Å²) in [7, 11) is 0. The Balaban J connectivity index is 0.00000156. The number of hydrogen-bond acceptors (Lipinski definition) is 4. The van der Waals surface area contributed by atoms with Gasteiger partial charge in [-0.2, -0.15) is 0 Å². The molecule has 8 heteroatoms. The van der Waals surface area contributed by atoms with Crippen molar-refractivity contribution in [1.82, 2.24) is 15.5 Å². The third-order valence-electron chi connectivity index (χ3n) is 4.54. The zero-order valence-electron chi connectivity index (χ0n) is 14.1. The summed E-state index contributed by atoms with van der Waals surface area (Å²) in [6, 6.07) is 6.14. The number of amides is 1. The Kier molecular flexibility index (Phi) is 9.67. The van der Waals surface area contributed by atoms with E-state index >= 15 is 0 Å². The van der Waals surface area contributed by atoms with Gasteiger partial charge in [-0.15, -0.1) is 24.8 Å². The van der Waals surface area contributed by atoms with Crippen LogP contribution in [0.4, 0.5) is 4.39 Å². The zero-order chi connectivity index (χ0) is 16.1. The number of benzene rings is 1. The molecule has 142 valence electrons. The van der Waals surface area contributed by atoms with Crippen LogP contribution in [0, 0.1) is 5.82 Å². The van der Waals surface area contributed by atoms with E-state index in [0.717, 1.165) is 25.9 Å². The van der Waals surface area contributed by atoms with E-state index in [-0.39, 0.29) is 42.6 Å². The van der Waals surface area contributed by atoms with E-state index in [1.165, 1.54) is 6.07 Å². The summed E-state index contributed by atoms with van der Waals surface area (Å²) >= 11 is 0. The van der Waals surface area contributed by atoms with Gasteiger partial charge in [0.05, 0.1) is 13.2 Å². The van der Waals surface area contributed by atoms with Crippen molar-refractivity contribution in [2.45, 2.75) is 24.9 Å². The highest BCUT2D eigenvalue weighted by Gasteiger charge is 2.32. The first-order valence-electron chi connectivity index (χ1n) is 8.33. The number of ether oxygens (including phenoxy) is 1. The lowest BCUT2D eigenvalue weighted by Crippen LogP contribution is -2.50. The summed E-state index contributed by atoms with van der Waals surface area (Å²) in [5, 5.41) is 6.40. The largest absolute Gasteiger partial charge is 0.379 e. The monoisotopic (exact) mass is 393 g/mol. The van der Waals surface area contributed by atoms with Crippen LogP contribution < -0.4 is 10.6 Å². The maximum atomic E-state index is 14.3. The van der Waals surface area contributed by atoms with Gasteiger partial charge in [-0.25, -0.2) is 4.39 Å². The van der Waals surface area contributed by atoms with Crippen molar-refractivity contribution in [3.63, 3.8) is 0 Å². The van der Waals surface area contributed by atoms with E-state index in [0.29, 0.717) is 31.9 Å². The molecular weight excluding hydrogens is 368 g/mol. The molecular formula is C17H26Cl2FN3O2.